The Balaban J connectivity index is 2.66. The Morgan fingerprint density at radius 1 is 1.21 bits per heavy atom. The van der Waals surface area contributed by atoms with Gasteiger partial charge in [-0.2, -0.15) is 0 Å². The van der Waals surface area contributed by atoms with Crippen LogP contribution in [0.4, 0.5) is 0 Å². The minimum atomic E-state index is -0.672. The summed E-state index contributed by atoms with van der Waals surface area (Å²) in [5.41, 5.74) is 0. The molecule has 0 spiro atoms. The van der Waals surface area contributed by atoms with Crippen molar-refractivity contribution in [2.45, 2.75) is 89.2 Å². The SMILES string of the molecule is CCCNC1CCC(CCC)CC1S(=O)C(C)CC. The first-order valence-corrected chi connectivity index (χ1v) is 9.54. The Morgan fingerprint density at radius 3 is 2.53 bits per heavy atom. The molecule has 1 rings (SSSR count). The predicted octanol–water partition coefficient (Wildman–Crippen LogP) is 3.87. The van der Waals surface area contributed by atoms with E-state index in [-0.39, 0.29) is 0 Å². The smallest absolute Gasteiger partial charge is 0.0506 e. The van der Waals surface area contributed by atoms with E-state index < -0.39 is 10.8 Å². The summed E-state index contributed by atoms with van der Waals surface area (Å²) in [5.74, 6) is 0.808. The highest BCUT2D eigenvalue weighted by molar-refractivity contribution is 7.86. The van der Waals surface area contributed by atoms with Gasteiger partial charge in [0.1, 0.15) is 0 Å². The van der Waals surface area contributed by atoms with Crippen LogP contribution in [0.3, 0.4) is 0 Å². The zero-order chi connectivity index (χ0) is 14.3. The Hall–Kier alpha value is 0.110. The monoisotopic (exact) mass is 287 g/mol. The maximum Gasteiger partial charge on any atom is 0.0506 e. The standard InChI is InChI=1S/C16H33NOS/c1-5-8-14-9-10-15(17-11-6-2)16(12-14)19(18)13(4)7-3/h13-17H,5-12H2,1-4H3. The van der Waals surface area contributed by atoms with Gasteiger partial charge in [0.05, 0.1) is 5.25 Å². The van der Waals surface area contributed by atoms with Gasteiger partial charge in [0.15, 0.2) is 0 Å². The van der Waals surface area contributed by atoms with Crippen molar-refractivity contribution in [2.24, 2.45) is 5.92 Å². The molecule has 0 aromatic heterocycles. The molecule has 0 amide bonds. The molecule has 19 heavy (non-hydrogen) atoms. The summed E-state index contributed by atoms with van der Waals surface area (Å²) in [6.45, 7) is 9.84. The van der Waals surface area contributed by atoms with Gasteiger partial charge in [0, 0.05) is 22.1 Å². The van der Waals surface area contributed by atoms with Crippen molar-refractivity contribution in [3.63, 3.8) is 0 Å². The predicted molar refractivity (Wildman–Crippen MR) is 86.0 cm³/mol. The van der Waals surface area contributed by atoms with Crippen LogP contribution in [0.1, 0.15) is 72.6 Å². The van der Waals surface area contributed by atoms with Crippen molar-refractivity contribution in [1.82, 2.24) is 5.32 Å². The Bertz CT molecular complexity index is 269. The van der Waals surface area contributed by atoms with E-state index in [2.05, 4.69) is 33.0 Å². The quantitative estimate of drug-likeness (QED) is 0.734. The molecule has 5 atom stereocenters. The van der Waals surface area contributed by atoms with Crippen LogP contribution in [0, 0.1) is 5.92 Å². The molecular formula is C16H33NOS. The summed E-state index contributed by atoms with van der Waals surface area (Å²) >= 11 is 0. The van der Waals surface area contributed by atoms with E-state index in [1.807, 2.05) is 0 Å². The van der Waals surface area contributed by atoms with Crippen LogP contribution in [0.2, 0.25) is 0 Å². The maximum absolute atomic E-state index is 12.7. The number of rotatable bonds is 8. The molecule has 0 aromatic rings. The molecule has 3 heteroatoms. The van der Waals surface area contributed by atoms with Gasteiger partial charge in [-0.3, -0.25) is 4.21 Å². The van der Waals surface area contributed by atoms with Crippen LogP contribution in [0.5, 0.6) is 0 Å². The lowest BCUT2D eigenvalue weighted by molar-refractivity contribution is 0.283. The van der Waals surface area contributed by atoms with Gasteiger partial charge in [-0.05, 0) is 44.6 Å². The third-order valence-corrected chi connectivity index (χ3v) is 6.77. The van der Waals surface area contributed by atoms with Crippen LogP contribution in [0.25, 0.3) is 0 Å². The van der Waals surface area contributed by atoms with E-state index in [1.165, 1.54) is 32.1 Å². The number of nitrogens with one attached hydrogen (secondary N) is 1. The summed E-state index contributed by atoms with van der Waals surface area (Å²) < 4.78 is 12.7. The topological polar surface area (TPSA) is 29.1 Å². The molecule has 0 aliphatic heterocycles. The summed E-state index contributed by atoms with van der Waals surface area (Å²) in [6, 6.07) is 0.489. The molecule has 0 bridgehead atoms. The molecule has 1 fully saturated rings. The molecule has 0 radical (unpaired) electrons. The van der Waals surface area contributed by atoms with Crippen molar-refractivity contribution in [1.29, 1.82) is 0 Å². The highest BCUT2D eigenvalue weighted by Gasteiger charge is 2.35. The lowest BCUT2D eigenvalue weighted by Gasteiger charge is -2.37. The average Bonchev–Trinajstić information content (AvgIpc) is 2.44. The minimum Gasteiger partial charge on any atom is -0.313 e. The third kappa shape index (κ3) is 5.18. The van der Waals surface area contributed by atoms with Crippen molar-refractivity contribution in [2.75, 3.05) is 6.54 Å². The second-order valence-corrected chi connectivity index (χ2v) is 8.18. The molecule has 1 aliphatic rings. The van der Waals surface area contributed by atoms with Gasteiger partial charge in [-0.15, -0.1) is 0 Å². The molecule has 0 heterocycles. The van der Waals surface area contributed by atoms with Crippen molar-refractivity contribution < 1.29 is 4.21 Å². The Morgan fingerprint density at radius 2 is 1.95 bits per heavy atom. The first kappa shape index (κ1) is 17.2. The van der Waals surface area contributed by atoms with Crippen LogP contribution >= 0.6 is 0 Å². The van der Waals surface area contributed by atoms with Crippen molar-refractivity contribution in [3.8, 4) is 0 Å². The first-order chi connectivity index (χ1) is 9.13. The fourth-order valence-electron chi connectivity index (χ4n) is 3.16. The summed E-state index contributed by atoms with van der Waals surface area (Å²) in [6.07, 6.45) is 8.49. The second-order valence-electron chi connectivity index (χ2n) is 6.11. The van der Waals surface area contributed by atoms with Gasteiger partial charge in [-0.25, -0.2) is 0 Å². The van der Waals surface area contributed by atoms with Crippen LogP contribution in [-0.4, -0.2) is 27.3 Å². The lowest BCUT2D eigenvalue weighted by Crippen LogP contribution is -2.48. The zero-order valence-corrected chi connectivity index (χ0v) is 14.1. The Kier molecular flexibility index (Phi) is 8.24. The van der Waals surface area contributed by atoms with E-state index in [0.717, 1.165) is 25.3 Å². The summed E-state index contributed by atoms with van der Waals surface area (Å²) in [5, 5.41) is 4.38. The van der Waals surface area contributed by atoms with Gasteiger partial charge < -0.3 is 5.32 Å². The Labute approximate surface area is 122 Å². The van der Waals surface area contributed by atoms with E-state index >= 15 is 0 Å². The maximum atomic E-state index is 12.7. The second kappa shape index (κ2) is 9.12. The molecule has 5 unspecified atom stereocenters. The molecule has 2 nitrogen and oxygen atoms in total. The van der Waals surface area contributed by atoms with Crippen LogP contribution in [0.15, 0.2) is 0 Å². The normalized spacial score (nSPS) is 31.1. The molecular weight excluding hydrogens is 254 g/mol. The average molecular weight is 288 g/mol. The number of hydrogen-bond acceptors (Lipinski definition) is 2. The fourth-order valence-corrected chi connectivity index (χ4v) is 5.11. The molecule has 1 aliphatic carbocycles. The third-order valence-electron chi connectivity index (χ3n) is 4.52. The number of hydrogen-bond donors (Lipinski definition) is 1. The van der Waals surface area contributed by atoms with E-state index in [1.54, 1.807) is 0 Å². The molecule has 1 saturated carbocycles. The lowest BCUT2D eigenvalue weighted by atomic mass is 9.83. The first-order valence-electron chi connectivity index (χ1n) is 8.26. The highest BCUT2D eigenvalue weighted by atomic mass is 32.2. The van der Waals surface area contributed by atoms with Gasteiger partial charge in [-0.1, -0.05) is 40.5 Å². The largest absolute Gasteiger partial charge is 0.313 e. The van der Waals surface area contributed by atoms with Crippen LogP contribution < -0.4 is 5.32 Å². The van der Waals surface area contributed by atoms with Crippen molar-refractivity contribution in [3.05, 3.63) is 0 Å². The van der Waals surface area contributed by atoms with Crippen molar-refractivity contribution >= 4 is 10.8 Å². The summed E-state index contributed by atoms with van der Waals surface area (Å²) in [7, 11) is -0.672. The highest BCUT2D eigenvalue weighted by Crippen LogP contribution is 2.32. The molecule has 0 saturated heterocycles. The fraction of sp³-hybridized carbons (Fsp3) is 1.00. The van der Waals surface area contributed by atoms with Gasteiger partial charge >= 0.3 is 0 Å². The summed E-state index contributed by atoms with van der Waals surface area (Å²) in [4.78, 5) is 0. The van der Waals surface area contributed by atoms with Gasteiger partial charge in [0.25, 0.3) is 0 Å². The van der Waals surface area contributed by atoms with E-state index in [4.69, 9.17) is 0 Å². The van der Waals surface area contributed by atoms with Gasteiger partial charge in [0.2, 0.25) is 0 Å². The minimum absolute atomic E-state index is 0.344. The molecule has 0 aromatic carbocycles. The van der Waals surface area contributed by atoms with E-state index in [0.29, 0.717) is 16.5 Å². The molecule has 114 valence electrons. The van der Waals surface area contributed by atoms with E-state index in [9.17, 15) is 4.21 Å². The van der Waals surface area contributed by atoms with Crippen LogP contribution in [-0.2, 0) is 10.8 Å². The zero-order valence-electron chi connectivity index (χ0n) is 13.3. The molecule has 1 N–H and O–H groups in total.